The standard InChI is InChI=1S/C12H14O2/c1-9(2)12(14)11-5-3-4-10(8-11)6-7-13/h3-5,7-9H,6H2,1-2H3. The number of hydrogen-bond acceptors (Lipinski definition) is 2. The van der Waals surface area contributed by atoms with Crippen LogP contribution in [-0.4, -0.2) is 12.1 Å². The molecule has 0 spiro atoms. The summed E-state index contributed by atoms with van der Waals surface area (Å²) < 4.78 is 0. The first-order valence-electron chi connectivity index (χ1n) is 4.72. The molecule has 0 unspecified atom stereocenters. The Bertz CT molecular complexity index is 340. The first-order valence-corrected chi connectivity index (χ1v) is 4.72. The van der Waals surface area contributed by atoms with Crippen LogP contribution in [0.3, 0.4) is 0 Å². The molecule has 0 heterocycles. The molecule has 0 radical (unpaired) electrons. The van der Waals surface area contributed by atoms with Gasteiger partial charge in [0.2, 0.25) is 0 Å². The molecule has 0 fully saturated rings. The molecule has 1 rings (SSSR count). The predicted octanol–water partition coefficient (Wildman–Crippen LogP) is 2.27. The van der Waals surface area contributed by atoms with Gasteiger partial charge < -0.3 is 4.79 Å². The second-order valence-corrected chi connectivity index (χ2v) is 3.59. The molecule has 0 aromatic heterocycles. The Hall–Kier alpha value is -1.44. The highest BCUT2D eigenvalue weighted by molar-refractivity contribution is 5.97. The van der Waals surface area contributed by atoms with Gasteiger partial charge in [-0.1, -0.05) is 32.0 Å². The topological polar surface area (TPSA) is 34.1 Å². The molecule has 0 bridgehead atoms. The van der Waals surface area contributed by atoms with E-state index in [4.69, 9.17) is 0 Å². The van der Waals surface area contributed by atoms with Gasteiger partial charge in [0.1, 0.15) is 6.29 Å². The van der Waals surface area contributed by atoms with Crippen molar-refractivity contribution in [2.45, 2.75) is 20.3 Å². The molecular formula is C12H14O2. The fourth-order valence-corrected chi connectivity index (χ4v) is 1.28. The highest BCUT2D eigenvalue weighted by Crippen LogP contribution is 2.10. The van der Waals surface area contributed by atoms with Gasteiger partial charge in [-0.25, -0.2) is 0 Å². The van der Waals surface area contributed by atoms with Gasteiger partial charge in [0.25, 0.3) is 0 Å². The van der Waals surface area contributed by atoms with Gasteiger partial charge in [0.05, 0.1) is 0 Å². The zero-order valence-electron chi connectivity index (χ0n) is 8.49. The van der Waals surface area contributed by atoms with Crippen LogP contribution in [0.15, 0.2) is 24.3 Å². The maximum absolute atomic E-state index is 11.6. The number of rotatable bonds is 4. The third-order valence-corrected chi connectivity index (χ3v) is 2.05. The van der Waals surface area contributed by atoms with Crippen molar-refractivity contribution < 1.29 is 9.59 Å². The summed E-state index contributed by atoms with van der Waals surface area (Å²) in [6.07, 6.45) is 1.22. The molecule has 0 saturated carbocycles. The zero-order chi connectivity index (χ0) is 10.6. The molecule has 1 aromatic carbocycles. The molecule has 2 nitrogen and oxygen atoms in total. The van der Waals surface area contributed by atoms with Crippen LogP contribution >= 0.6 is 0 Å². The molecule has 0 aliphatic carbocycles. The molecule has 0 N–H and O–H groups in total. The van der Waals surface area contributed by atoms with Gasteiger partial charge in [-0.15, -0.1) is 0 Å². The Morgan fingerprint density at radius 3 is 2.71 bits per heavy atom. The summed E-state index contributed by atoms with van der Waals surface area (Å²) in [4.78, 5) is 21.9. The minimum Gasteiger partial charge on any atom is -0.303 e. The number of carbonyl (C=O) groups is 2. The summed E-state index contributed by atoms with van der Waals surface area (Å²) in [5, 5.41) is 0. The van der Waals surface area contributed by atoms with E-state index in [1.54, 1.807) is 12.1 Å². The van der Waals surface area contributed by atoms with E-state index in [1.807, 2.05) is 26.0 Å². The maximum atomic E-state index is 11.6. The Labute approximate surface area is 83.9 Å². The lowest BCUT2D eigenvalue weighted by Crippen LogP contribution is -2.07. The molecule has 74 valence electrons. The van der Waals surface area contributed by atoms with E-state index < -0.39 is 0 Å². The molecule has 0 aliphatic heterocycles. The van der Waals surface area contributed by atoms with Crippen LogP contribution in [0.5, 0.6) is 0 Å². The monoisotopic (exact) mass is 190 g/mol. The number of benzene rings is 1. The smallest absolute Gasteiger partial charge is 0.165 e. The van der Waals surface area contributed by atoms with Crippen LogP contribution in [0, 0.1) is 5.92 Å². The highest BCUT2D eigenvalue weighted by Gasteiger charge is 2.09. The normalized spacial score (nSPS) is 10.2. The lowest BCUT2D eigenvalue weighted by Gasteiger charge is -2.04. The Balaban J connectivity index is 2.93. The summed E-state index contributed by atoms with van der Waals surface area (Å²) in [6.45, 7) is 3.74. The lowest BCUT2D eigenvalue weighted by atomic mass is 9.99. The van der Waals surface area contributed by atoms with Crippen molar-refractivity contribution >= 4 is 12.1 Å². The van der Waals surface area contributed by atoms with Crippen LogP contribution in [-0.2, 0) is 11.2 Å². The van der Waals surface area contributed by atoms with E-state index in [2.05, 4.69) is 0 Å². The number of ketones is 1. The third-order valence-electron chi connectivity index (χ3n) is 2.05. The van der Waals surface area contributed by atoms with Crippen molar-refractivity contribution in [1.29, 1.82) is 0 Å². The van der Waals surface area contributed by atoms with Crippen LogP contribution in [0.4, 0.5) is 0 Å². The second-order valence-electron chi connectivity index (χ2n) is 3.59. The van der Waals surface area contributed by atoms with Crippen molar-refractivity contribution in [2.75, 3.05) is 0 Å². The average molecular weight is 190 g/mol. The van der Waals surface area contributed by atoms with Gasteiger partial charge in [-0.2, -0.15) is 0 Å². The highest BCUT2D eigenvalue weighted by atomic mass is 16.1. The molecule has 1 aromatic rings. The van der Waals surface area contributed by atoms with Crippen molar-refractivity contribution in [2.24, 2.45) is 5.92 Å². The fraction of sp³-hybridized carbons (Fsp3) is 0.333. The maximum Gasteiger partial charge on any atom is 0.165 e. The quantitative estimate of drug-likeness (QED) is 0.539. The summed E-state index contributed by atoms with van der Waals surface area (Å²) in [6, 6.07) is 7.24. The van der Waals surface area contributed by atoms with Gasteiger partial charge in [-0.3, -0.25) is 4.79 Å². The van der Waals surface area contributed by atoms with Crippen molar-refractivity contribution in [3.8, 4) is 0 Å². The van der Waals surface area contributed by atoms with Gasteiger partial charge >= 0.3 is 0 Å². The second kappa shape index (κ2) is 4.70. The summed E-state index contributed by atoms with van der Waals surface area (Å²) >= 11 is 0. The molecule has 0 aliphatic rings. The summed E-state index contributed by atoms with van der Waals surface area (Å²) in [5.41, 5.74) is 1.59. The summed E-state index contributed by atoms with van der Waals surface area (Å²) in [7, 11) is 0. The SMILES string of the molecule is CC(C)C(=O)c1cccc(CC=O)c1. The predicted molar refractivity (Wildman–Crippen MR) is 55.4 cm³/mol. The van der Waals surface area contributed by atoms with Crippen LogP contribution in [0.1, 0.15) is 29.8 Å². The number of hydrogen-bond donors (Lipinski definition) is 0. The first kappa shape index (κ1) is 10.6. The lowest BCUT2D eigenvalue weighted by molar-refractivity contribution is -0.107. The van der Waals surface area contributed by atoms with Crippen LogP contribution in [0.2, 0.25) is 0 Å². The van der Waals surface area contributed by atoms with Crippen molar-refractivity contribution in [1.82, 2.24) is 0 Å². The van der Waals surface area contributed by atoms with E-state index in [0.29, 0.717) is 12.0 Å². The van der Waals surface area contributed by atoms with E-state index >= 15 is 0 Å². The number of aldehydes is 1. The average Bonchev–Trinajstić information content (AvgIpc) is 2.17. The first-order chi connectivity index (χ1) is 6.65. The minimum absolute atomic E-state index is 0.00137. The molecule has 0 saturated heterocycles. The molecule has 2 heteroatoms. The zero-order valence-corrected chi connectivity index (χ0v) is 8.49. The molecule has 0 atom stereocenters. The van der Waals surface area contributed by atoms with Crippen LogP contribution < -0.4 is 0 Å². The number of carbonyl (C=O) groups excluding carboxylic acids is 2. The van der Waals surface area contributed by atoms with Gasteiger partial charge in [0, 0.05) is 17.9 Å². The van der Waals surface area contributed by atoms with E-state index in [-0.39, 0.29) is 11.7 Å². The van der Waals surface area contributed by atoms with Crippen LogP contribution in [0.25, 0.3) is 0 Å². The minimum atomic E-state index is 0.00137. The van der Waals surface area contributed by atoms with Gasteiger partial charge in [-0.05, 0) is 11.6 Å². The fourth-order valence-electron chi connectivity index (χ4n) is 1.28. The van der Waals surface area contributed by atoms with Crippen molar-refractivity contribution in [3.05, 3.63) is 35.4 Å². The Kier molecular flexibility index (Phi) is 3.57. The van der Waals surface area contributed by atoms with E-state index in [1.165, 1.54) is 0 Å². The van der Waals surface area contributed by atoms with E-state index in [0.717, 1.165) is 11.8 Å². The largest absolute Gasteiger partial charge is 0.303 e. The molecule has 0 amide bonds. The molecular weight excluding hydrogens is 176 g/mol. The third kappa shape index (κ3) is 2.52. The number of Topliss-reactive ketones (excluding diaryl/α,β-unsaturated/α-hetero) is 1. The Morgan fingerprint density at radius 1 is 1.43 bits per heavy atom. The molecule has 14 heavy (non-hydrogen) atoms. The van der Waals surface area contributed by atoms with E-state index in [9.17, 15) is 9.59 Å². The van der Waals surface area contributed by atoms with Crippen molar-refractivity contribution in [3.63, 3.8) is 0 Å². The Morgan fingerprint density at radius 2 is 2.14 bits per heavy atom. The summed E-state index contributed by atoms with van der Waals surface area (Å²) in [5.74, 6) is 0.124. The van der Waals surface area contributed by atoms with Gasteiger partial charge in [0.15, 0.2) is 5.78 Å².